The first-order valence-electron chi connectivity index (χ1n) is 8.26. The molecule has 0 aromatic carbocycles. The fourth-order valence-electron chi connectivity index (χ4n) is 2.85. The number of aromatic nitrogens is 4. The molecule has 3 rings (SSSR count). The van der Waals surface area contributed by atoms with E-state index in [1.807, 2.05) is 6.92 Å². The summed E-state index contributed by atoms with van der Waals surface area (Å²) in [6.45, 7) is 4.12. The van der Waals surface area contributed by atoms with E-state index in [9.17, 15) is 9.59 Å². The van der Waals surface area contributed by atoms with Gasteiger partial charge in [0.2, 0.25) is 11.8 Å². The summed E-state index contributed by atoms with van der Waals surface area (Å²) in [4.78, 5) is 26.4. The molecule has 0 spiro atoms. The van der Waals surface area contributed by atoms with Gasteiger partial charge >= 0.3 is 0 Å². The van der Waals surface area contributed by atoms with E-state index in [-0.39, 0.29) is 18.2 Å². The van der Waals surface area contributed by atoms with Crippen molar-refractivity contribution in [2.24, 2.45) is 5.92 Å². The van der Waals surface area contributed by atoms with Crippen molar-refractivity contribution in [2.45, 2.75) is 26.4 Å². The summed E-state index contributed by atoms with van der Waals surface area (Å²) in [5.74, 6) is 0.00841. The van der Waals surface area contributed by atoms with Gasteiger partial charge in [0.1, 0.15) is 5.82 Å². The van der Waals surface area contributed by atoms with Gasteiger partial charge in [0.15, 0.2) is 0 Å². The molecule has 9 nitrogen and oxygen atoms in total. The molecule has 134 valence electrons. The summed E-state index contributed by atoms with van der Waals surface area (Å²) in [7, 11) is 1.63. The number of nitrogens with zero attached hydrogens (tertiary/aromatic N) is 5. The molecule has 0 bridgehead atoms. The molecule has 3 heterocycles. The molecule has 0 saturated carbocycles. The van der Waals surface area contributed by atoms with Gasteiger partial charge < -0.3 is 15.0 Å². The van der Waals surface area contributed by atoms with E-state index in [1.165, 1.54) is 0 Å². The Morgan fingerprint density at radius 1 is 1.44 bits per heavy atom. The van der Waals surface area contributed by atoms with Crippen LogP contribution < -0.4 is 10.2 Å². The molecular formula is C16H22N6O3. The maximum atomic E-state index is 12.5. The number of amides is 2. The van der Waals surface area contributed by atoms with Crippen LogP contribution in [0.25, 0.3) is 0 Å². The smallest absolute Gasteiger partial charge is 0.230 e. The van der Waals surface area contributed by atoms with Crippen molar-refractivity contribution in [3.8, 4) is 0 Å². The topological polar surface area (TPSA) is 94.3 Å². The summed E-state index contributed by atoms with van der Waals surface area (Å²) < 4.78 is 8.44. The molecule has 9 heteroatoms. The van der Waals surface area contributed by atoms with E-state index in [2.05, 4.69) is 15.5 Å². The van der Waals surface area contributed by atoms with Crippen LogP contribution in [-0.2, 0) is 27.4 Å². The van der Waals surface area contributed by atoms with Gasteiger partial charge in [0, 0.05) is 38.9 Å². The van der Waals surface area contributed by atoms with E-state index in [4.69, 9.17) is 4.74 Å². The SMILES string of the molecule is CCn1nccc1NC(=O)C1CC(=O)N(c2cnn(CCOC)c2)C1. The Bertz CT molecular complexity index is 753. The maximum Gasteiger partial charge on any atom is 0.230 e. The van der Waals surface area contributed by atoms with Crippen molar-refractivity contribution in [1.29, 1.82) is 0 Å². The van der Waals surface area contributed by atoms with Crippen LogP contribution in [0.15, 0.2) is 24.7 Å². The maximum absolute atomic E-state index is 12.5. The second kappa shape index (κ2) is 7.47. The first kappa shape index (κ1) is 17.2. The highest BCUT2D eigenvalue weighted by atomic mass is 16.5. The predicted octanol–water partition coefficient (Wildman–Crippen LogP) is 0.738. The third-order valence-corrected chi connectivity index (χ3v) is 4.22. The molecule has 0 radical (unpaired) electrons. The van der Waals surface area contributed by atoms with E-state index in [0.29, 0.717) is 37.7 Å². The lowest BCUT2D eigenvalue weighted by atomic mass is 10.1. The van der Waals surface area contributed by atoms with Gasteiger partial charge in [0.25, 0.3) is 0 Å². The molecule has 1 aliphatic heterocycles. The Labute approximate surface area is 145 Å². The van der Waals surface area contributed by atoms with Gasteiger partial charge in [-0.25, -0.2) is 4.68 Å². The number of hydrogen-bond donors (Lipinski definition) is 1. The summed E-state index contributed by atoms with van der Waals surface area (Å²) in [5, 5.41) is 11.2. The van der Waals surface area contributed by atoms with Gasteiger partial charge in [-0.1, -0.05) is 0 Å². The third-order valence-electron chi connectivity index (χ3n) is 4.22. The second-order valence-electron chi connectivity index (χ2n) is 5.88. The number of anilines is 2. The lowest BCUT2D eigenvalue weighted by Crippen LogP contribution is -2.28. The number of aryl methyl sites for hydroxylation is 1. The second-order valence-corrected chi connectivity index (χ2v) is 5.88. The summed E-state index contributed by atoms with van der Waals surface area (Å²) in [5.41, 5.74) is 0.704. The van der Waals surface area contributed by atoms with Crippen LogP contribution in [-0.4, -0.2) is 51.6 Å². The van der Waals surface area contributed by atoms with Crippen LogP contribution in [0.1, 0.15) is 13.3 Å². The first-order valence-corrected chi connectivity index (χ1v) is 8.26. The fourth-order valence-corrected chi connectivity index (χ4v) is 2.85. The molecule has 1 fully saturated rings. The molecule has 2 amide bonds. The van der Waals surface area contributed by atoms with E-state index < -0.39 is 5.92 Å². The molecule has 25 heavy (non-hydrogen) atoms. The first-order chi connectivity index (χ1) is 12.1. The molecule has 2 aromatic rings. The molecule has 1 unspecified atom stereocenters. The van der Waals surface area contributed by atoms with Gasteiger partial charge in [-0.2, -0.15) is 10.2 Å². The monoisotopic (exact) mass is 346 g/mol. The van der Waals surface area contributed by atoms with E-state index in [1.54, 1.807) is 46.0 Å². The minimum atomic E-state index is -0.393. The van der Waals surface area contributed by atoms with Crippen LogP contribution in [0.5, 0.6) is 0 Å². The zero-order chi connectivity index (χ0) is 17.8. The highest BCUT2D eigenvalue weighted by Crippen LogP contribution is 2.25. The number of rotatable bonds is 7. The van der Waals surface area contributed by atoms with E-state index in [0.717, 1.165) is 0 Å². The number of nitrogens with one attached hydrogen (secondary N) is 1. The van der Waals surface area contributed by atoms with Gasteiger partial charge in [-0.05, 0) is 6.92 Å². The standard InChI is InChI=1S/C16H22N6O3/c1-3-22-14(4-5-17-22)19-16(24)12-8-15(23)21(10-12)13-9-18-20(11-13)6-7-25-2/h4-5,9,11-12H,3,6-8,10H2,1-2H3,(H,19,24). The number of carbonyl (C=O) groups is 2. The van der Waals surface area contributed by atoms with Crippen molar-refractivity contribution in [2.75, 3.05) is 30.5 Å². The lowest BCUT2D eigenvalue weighted by Gasteiger charge is -2.14. The number of carbonyl (C=O) groups excluding carboxylic acids is 2. The van der Waals surface area contributed by atoms with Crippen molar-refractivity contribution < 1.29 is 14.3 Å². The zero-order valence-electron chi connectivity index (χ0n) is 14.4. The molecular weight excluding hydrogens is 324 g/mol. The van der Waals surface area contributed by atoms with Crippen molar-refractivity contribution in [3.63, 3.8) is 0 Å². The average molecular weight is 346 g/mol. The summed E-state index contributed by atoms with van der Waals surface area (Å²) in [6, 6.07) is 1.75. The highest BCUT2D eigenvalue weighted by Gasteiger charge is 2.36. The van der Waals surface area contributed by atoms with Crippen LogP contribution in [0, 0.1) is 5.92 Å². The lowest BCUT2D eigenvalue weighted by molar-refractivity contribution is -0.122. The van der Waals surface area contributed by atoms with Crippen LogP contribution in [0.3, 0.4) is 0 Å². The Kier molecular flexibility index (Phi) is 5.13. The summed E-state index contributed by atoms with van der Waals surface area (Å²) in [6.07, 6.45) is 5.26. The van der Waals surface area contributed by atoms with Gasteiger partial charge in [-0.3, -0.25) is 14.3 Å². The van der Waals surface area contributed by atoms with E-state index >= 15 is 0 Å². The van der Waals surface area contributed by atoms with Crippen LogP contribution in [0.4, 0.5) is 11.5 Å². The molecule has 2 aromatic heterocycles. The van der Waals surface area contributed by atoms with Gasteiger partial charge in [0.05, 0.1) is 37.2 Å². The Morgan fingerprint density at radius 2 is 2.28 bits per heavy atom. The zero-order valence-corrected chi connectivity index (χ0v) is 14.4. The number of ether oxygens (including phenoxy) is 1. The minimum absolute atomic E-state index is 0.0737. The fraction of sp³-hybridized carbons (Fsp3) is 0.500. The molecule has 1 atom stereocenters. The minimum Gasteiger partial charge on any atom is -0.383 e. The van der Waals surface area contributed by atoms with Gasteiger partial charge in [-0.15, -0.1) is 0 Å². The third kappa shape index (κ3) is 3.71. The Balaban J connectivity index is 1.63. The Hall–Kier alpha value is -2.68. The highest BCUT2D eigenvalue weighted by molar-refractivity contribution is 6.03. The number of methoxy groups -OCH3 is 1. The van der Waals surface area contributed by atoms with Crippen molar-refractivity contribution in [1.82, 2.24) is 19.6 Å². The van der Waals surface area contributed by atoms with Crippen molar-refractivity contribution in [3.05, 3.63) is 24.7 Å². The Morgan fingerprint density at radius 3 is 3.04 bits per heavy atom. The average Bonchev–Trinajstić information content (AvgIpc) is 3.32. The molecule has 1 saturated heterocycles. The largest absolute Gasteiger partial charge is 0.383 e. The molecule has 0 aliphatic carbocycles. The molecule has 1 N–H and O–H groups in total. The quantitative estimate of drug-likeness (QED) is 0.798. The predicted molar refractivity (Wildman–Crippen MR) is 91.1 cm³/mol. The van der Waals surface area contributed by atoms with Crippen LogP contribution in [0.2, 0.25) is 0 Å². The summed E-state index contributed by atoms with van der Waals surface area (Å²) >= 11 is 0. The van der Waals surface area contributed by atoms with Crippen LogP contribution >= 0.6 is 0 Å². The normalized spacial score (nSPS) is 17.3. The molecule has 1 aliphatic rings. The number of hydrogen-bond acceptors (Lipinski definition) is 5. The van der Waals surface area contributed by atoms with Crippen molar-refractivity contribution >= 4 is 23.3 Å².